The summed E-state index contributed by atoms with van der Waals surface area (Å²) >= 11 is 0. The third kappa shape index (κ3) is 3.55. The van der Waals surface area contributed by atoms with Gasteiger partial charge in [0.05, 0.1) is 0 Å². The maximum atomic E-state index is 12.3. The van der Waals surface area contributed by atoms with Gasteiger partial charge in [0, 0.05) is 43.5 Å². The van der Waals surface area contributed by atoms with Crippen LogP contribution in [0.2, 0.25) is 0 Å². The molecule has 0 aromatic heterocycles. The Morgan fingerprint density at radius 2 is 2.09 bits per heavy atom. The number of ether oxygens (including phenoxy) is 1. The topological polar surface area (TPSA) is 58.6 Å². The van der Waals surface area contributed by atoms with Crippen LogP contribution in [0.5, 0.6) is 0 Å². The average molecular weight is 316 g/mol. The highest BCUT2D eigenvalue weighted by Crippen LogP contribution is 2.31. The number of carbonyl (C=O) groups is 2. The van der Waals surface area contributed by atoms with E-state index in [1.54, 1.807) is 0 Å². The fraction of sp³-hybridized carbons (Fsp3) is 0.556. The number of amides is 2. The first-order valence-electron chi connectivity index (χ1n) is 8.51. The molecule has 1 N–H and O–H groups in total. The quantitative estimate of drug-likeness (QED) is 0.929. The van der Waals surface area contributed by atoms with E-state index in [1.807, 2.05) is 23.1 Å². The predicted octanol–water partition coefficient (Wildman–Crippen LogP) is 2.74. The molecule has 0 saturated carbocycles. The van der Waals surface area contributed by atoms with Gasteiger partial charge >= 0.3 is 0 Å². The molecule has 3 rings (SSSR count). The van der Waals surface area contributed by atoms with Gasteiger partial charge in [-0.25, -0.2) is 0 Å². The summed E-state index contributed by atoms with van der Waals surface area (Å²) < 4.78 is 5.30. The van der Waals surface area contributed by atoms with Gasteiger partial charge in [0.2, 0.25) is 11.8 Å². The molecular formula is C18H24N2O3. The molecule has 2 amide bonds. The first-order valence-corrected chi connectivity index (χ1v) is 8.51. The summed E-state index contributed by atoms with van der Waals surface area (Å²) in [6.07, 6.45) is 3.80. The van der Waals surface area contributed by atoms with Crippen LogP contribution in [0.15, 0.2) is 18.2 Å². The smallest absolute Gasteiger partial charge is 0.227 e. The number of fused-ring (bicyclic) bond motifs is 1. The average Bonchev–Trinajstić information content (AvgIpc) is 2.58. The zero-order valence-electron chi connectivity index (χ0n) is 13.6. The third-order valence-corrected chi connectivity index (χ3v) is 4.59. The van der Waals surface area contributed by atoms with Gasteiger partial charge in [0.1, 0.15) is 0 Å². The Morgan fingerprint density at radius 1 is 1.30 bits per heavy atom. The van der Waals surface area contributed by atoms with Gasteiger partial charge < -0.3 is 15.0 Å². The molecule has 1 saturated heterocycles. The summed E-state index contributed by atoms with van der Waals surface area (Å²) in [7, 11) is 0. The third-order valence-electron chi connectivity index (χ3n) is 4.59. The first-order chi connectivity index (χ1) is 11.2. The van der Waals surface area contributed by atoms with Crippen molar-refractivity contribution in [1.29, 1.82) is 0 Å². The van der Waals surface area contributed by atoms with Crippen LogP contribution >= 0.6 is 0 Å². The first kappa shape index (κ1) is 16.0. The van der Waals surface area contributed by atoms with E-state index in [0.717, 1.165) is 49.2 Å². The fourth-order valence-electron chi connectivity index (χ4n) is 3.31. The minimum Gasteiger partial charge on any atom is -0.381 e. The molecule has 2 aliphatic rings. The van der Waals surface area contributed by atoms with Crippen molar-refractivity contribution in [2.45, 2.75) is 39.0 Å². The van der Waals surface area contributed by atoms with Crippen molar-refractivity contribution in [2.24, 2.45) is 5.92 Å². The summed E-state index contributed by atoms with van der Waals surface area (Å²) in [5, 5.41) is 3.02. The zero-order chi connectivity index (χ0) is 16.2. The monoisotopic (exact) mass is 316 g/mol. The molecule has 0 unspecified atom stereocenters. The van der Waals surface area contributed by atoms with Crippen molar-refractivity contribution in [3.8, 4) is 0 Å². The van der Waals surface area contributed by atoms with Crippen LogP contribution in [0, 0.1) is 5.92 Å². The van der Waals surface area contributed by atoms with Crippen LogP contribution in [0.1, 0.15) is 38.2 Å². The predicted molar refractivity (Wildman–Crippen MR) is 89.6 cm³/mol. The molecule has 2 aliphatic heterocycles. The van der Waals surface area contributed by atoms with Gasteiger partial charge in [0.25, 0.3) is 0 Å². The molecule has 2 heterocycles. The molecule has 1 aromatic carbocycles. The Hall–Kier alpha value is -1.88. The van der Waals surface area contributed by atoms with E-state index in [9.17, 15) is 9.59 Å². The van der Waals surface area contributed by atoms with Crippen molar-refractivity contribution in [1.82, 2.24) is 0 Å². The lowest BCUT2D eigenvalue weighted by atomic mass is 9.98. The van der Waals surface area contributed by atoms with Crippen molar-refractivity contribution in [2.75, 3.05) is 30.0 Å². The van der Waals surface area contributed by atoms with Gasteiger partial charge in [-0.3, -0.25) is 9.59 Å². The summed E-state index contributed by atoms with van der Waals surface area (Å²) in [5.74, 6) is 0.307. The Bertz CT molecular complexity index is 594. The Kier molecular flexibility index (Phi) is 4.96. The van der Waals surface area contributed by atoms with Crippen LogP contribution in [-0.4, -0.2) is 31.6 Å². The number of aryl methyl sites for hydroxylation is 1. The number of hydrogen-bond donors (Lipinski definition) is 1. The van der Waals surface area contributed by atoms with E-state index >= 15 is 0 Å². The van der Waals surface area contributed by atoms with Gasteiger partial charge in [-0.2, -0.15) is 0 Å². The zero-order valence-corrected chi connectivity index (χ0v) is 13.6. The number of hydrogen-bond acceptors (Lipinski definition) is 3. The highest BCUT2D eigenvalue weighted by Gasteiger charge is 2.25. The lowest BCUT2D eigenvalue weighted by molar-refractivity contribution is -0.122. The number of rotatable bonds is 4. The summed E-state index contributed by atoms with van der Waals surface area (Å²) in [6.45, 7) is 4.15. The van der Waals surface area contributed by atoms with E-state index < -0.39 is 0 Å². The standard InChI is InChI=1S/C18H24N2O3/c1-2-9-20-16-5-4-15(12-14(16)3-6-17(20)21)19-18(22)13-7-10-23-11-8-13/h4-5,12-13H,2-3,6-11H2,1H3,(H,19,22). The van der Waals surface area contributed by atoms with Gasteiger partial charge in [0.15, 0.2) is 0 Å². The van der Waals surface area contributed by atoms with Crippen LogP contribution in [-0.2, 0) is 20.7 Å². The number of nitrogens with zero attached hydrogens (tertiary/aromatic N) is 1. The minimum atomic E-state index is 0.0398. The number of nitrogens with one attached hydrogen (secondary N) is 1. The van der Waals surface area contributed by atoms with E-state index in [4.69, 9.17) is 4.74 Å². The van der Waals surface area contributed by atoms with E-state index in [2.05, 4.69) is 12.2 Å². The Labute approximate surface area is 137 Å². The second-order valence-corrected chi connectivity index (χ2v) is 6.26. The molecule has 5 nitrogen and oxygen atoms in total. The SMILES string of the molecule is CCCN1C(=O)CCc2cc(NC(=O)C3CCOCC3)ccc21. The second-order valence-electron chi connectivity index (χ2n) is 6.26. The molecule has 0 radical (unpaired) electrons. The molecule has 0 spiro atoms. The molecule has 0 aliphatic carbocycles. The number of benzene rings is 1. The molecule has 124 valence electrons. The minimum absolute atomic E-state index is 0.0398. The second kappa shape index (κ2) is 7.13. The molecule has 1 aromatic rings. The number of anilines is 2. The van der Waals surface area contributed by atoms with Crippen LogP contribution in [0.25, 0.3) is 0 Å². The summed E-state index contributed by atoms with van der Waals surface area (Å²) in [6, 6.07) is 5.88. The largest absolute Gasteiger partial charge is 0.381 e. The molecule has 0 atom stereocenters. The molecule has 1 fully saturated rings. The Balaban J connectivity index is 1.73. The number of carbonyl (C=O) groups excluding carboxylic acids is 2. The highest BCUT2D eigenvalue weighted by atomic mass is 16.5. The lowest BCUT2D eigenvalue weighted by Gasteiger charge is -2.29. The summed E-state index contributed by atoms with van der Waals surface area (Å²) in [4.78, 5) is 26.2. The van der Waals surface area contributed by atoms with Gasteiger partial charge in [-0.15, -0.1) is 0 Å². The van der Waals surface area contributed by atoms with Gasteiger partial charge in [-0.1, -0.05) is 6.92 Å². The van der Waals surface area contributed by atoms with Crippen molar-refractivity contribution < 1.29 is 14.3 Å². The highest BCUT2D eigenvalue weighted by molar-refractivity contribution is 5.98. The Morgan fingerprint density at radius 3 is 2.83 bits per heavy atom. The van der Waals surface area contributed by atoms with Crippen molar-refractivity contribution >= 4 is 23.2 Å². The van der Waals surface area contributed by atoms with Crippen molar-refractivity contribution in [3.05, 3.63) is 23.8 Å². The molecule has 23 heavy (non-hydrogen) atoms. The normalized spacial score (nSPS) is 18.7. The molecular weight excluding hydrogens is 292 g/mol. The summed E-state index contributed by atoms with van der Waals surface area (Å²) in [5.41, 5.74) is 2.96. The van der Waals surface area contributed by atoms with E-state index in [-0.39, 0.29) is 17.7 Å². The lowest BCUT2D eigenvalue weighted by Crippen LogP contribution is -2.35. The van der Waals surface area contributed by atoms with Crippen LogP contribution in [0.3, 0.4) is 0 Å². The van der Waals surface area contributed by atoms with E-state index in [0.29, 0.717) is 19.6 Å². The van der Waals surface area contributed by atoms with E-state index in [1.165, 1.54) is 0 Å². The van der Waals surface area contributed by atoms with Gasteiger partial charge in [-0.05, 0) is 49.4 Å². The van der Waals surface area contributed by atoms with Crippen LogP contribution in [0.4, 0.5) is 11.4 Å². The molecule has 5 heteroatoms. The maximum absolute atomic E-state index is 12.3. The van der Waals surface area contributed by atoms with Crippen molar-refractivity contribution in [3.63, 3.8) is 0 Å². The van der Waals surface area contributed by atoms with Crippen LogP contribution < -0.4 is 10.2 Å². The molecule has 0 bridgehead atoms. The fourth-order valence-corrected chi connectivity index (χ4v) is 3.31. The maximum Gasteiger partial charge on any atom is 0.227 e.